The molecule has 10 nitrogen and oxygen atoms in total. The van der Waals surface area contributed by atoms with Crippen LogP contribution >= 0.6 is 12.4 Å². The van der Waals surface area contributed by atoms with Crippen molar-refractivity contribution in [2.24, 2.45) is 5.73 Å². The summed E-state index contributed by atoms with van der Waals surface area (Å²) in [7, 11) is -1.11. The minimum Gasteiger partial charge on any atom is -0.496 e. The second-order valence-electron chi connectivity index (χ2n) is 8.12. The van der Waals surface area contributed by atoms with E-state index in [4.69, 9.17) is 19.7 Å². The van der Waals surface area contributed by atoms with E-state index in [0.29, 0.717) is 29.8 Å². The van der Waals surface area contributed by atoms with Crippen molar-refractivity contribution in [2.45, 2.75) is 37.8 Å². The number of fused-ring (bicyclic) bond motifs is 1. The highest BCUT2D eigenvalue weighted by atomic mass is 35.5. The van der Waals surface area contributed by atoms with E-state index < -0.39 is 10.0 Å². The third-order valence-electron chi connectivity index (χ3n) is 5.46. The lowest BCUT2D eigenvalue weighted by atomic mass is 10.0. The number of nitrogens with two attached hydrogens (primary N) is 1. The summed E-state index contributed by atoms with van der Waals surface area (Å²) < 4.78 is 47.2. The molecule has 0 amide bonds. The molecule has 188 valence electrons. The molecular weight excluding hydrogens is 494 g/mol. The number of rotatable bonds is 9. The number of ether oxygens (including phenoxy) is 2. The Hall–Kier alpha value is -3.28. The first-order valence-corrected chi connectivity index (χ1v) is 12.1. The van der Waals surface area contributed by atoms with Crippen molar-refractivity contribution in [1.82, 2.24) is 14.9 Å². The van der Waals surface area contributed by atoms with E-state index in [1.54, 1.807) is 35.1 Å². The number of nitrogens with one attached hydrogen (secondary N) is 1. The van der Waals surface area contributed by atoms with Crippen LogP contribution in [-0.2, 0) is 23.1 Å². The Balaban J connectivity index is 0.00000342. The van der Waals surface area contributed by atoms with Crippen molar-refractivity contribution < 1.29 is 22.4 Å². The van der Waals surface area contributed by atoms with Gasteiger partial charge in [-0.05, 0) is 41.3 Å². The van der Waals surface area contributed by atoms with Crippen LogP contribution in [0.3, 0.4) is 0 Å². The molecule has 0 bridgehead atoms. The highest BCUT2D eigenvalue weighted by Gasteiger charge is 2.25. The summed E-state index contributed by atoms with van der Waals surface area (Å²) in [6, 6.07) is 8.65. The fraction of sp³-hybridized carbons (Fsp3) is 0.304. The summed E-state index contributed by atoms with van der Waals surface area (Å²) in [5, 5.41) is 8.67. The van der Waals surface area contributed by atoms with Gasteiger partial charge < -0.3 is 19.7 Å². The average Bonchev–Trinajstić information content (AvgIpc) is 3.44. The Labute approximate surface area is 209 Å². The Morgan fingerprint density at radius 1 is 1.11 bits per heavy atom. The van der Waals surface area contributed by atoms with Crippen LogP contribution in [0.15, 0.2) is 52.1 Å². The van der Waals surface area contributed by atoms with Gasteiger partial charge in [0, 0.05) is 18.3 Å². The summed E-state index contributed by atoms with van der Waals surface area (Å²) in [5.74, 6) is 0.817. The van der Waals surface area contributed by atoms with Crippen molar-refractivity contribution in [3.05, 3.63) is 59.4 Å². The second-order valence-corrected chi connectivity index (χ2v) is 9.77. The molecule has 0 saturated heterocycles. The smallest absolute Gasteiger partial charge is 0.266 e. The van der Waals surface area contributed by atoms with Crippen LogP contribution in [0.2, 0.25) is 0 Å². The van der Waals surface area contributed by atoms with Gasteiger partial charge in [-0.3, -0.25) is 9.40 Å². The maximum absolute atomic E-state index is 13.3. The molecule has 0 spiro atoms. The molecule has 0 aliphatic carbocycles. The van der Waals surface area contributed by atoms with E-state index in [1.165, 1.54) is 14.2 Å². The molecule has 12 heteroatoms. The number of halogens is 1. The molecule has 0 saturated carbocycles. The summed E-state index contributed by atoms with van der Waals surface area (Å²) in [6.45, 7) is 4.82. The first-order chi connectivity index (χ1) is 16.2. The van der Waals surface area contributed by atoms with Gasteiger partial charge in [0.2, 0.25) is 0 Å². The summed E-state index contributed by atoms with van der Waals surface area (Å²) in [5.41, 5.74) is 8.65. The number of nitrogens with zero attached hydrogens (tertiary/aromatic N) is 3. The molecule has 0 atom stereocenters. The van der Waals surface area contributed by atoms with E-state index in [2.05, 4.69) is 15.0 Å². The van der Waals surface area contributed by atoms with Crippen LogP contribution in [0.5, 0.6) is 11.5 Å². The normalized spacial score (nSPS) is 11.5. The van der Waals surface area contributed by atoms with E-state index in [9.17, 15) is 8.42 Å². The fourth-order valence-corrected chi connectivity index (χ4v) is 4.85. The van der Waals surface area contributed by atoms with Crippen molar-refractivity contribution in [1.29, 1.82) is 0 Å². The molecular formula is C23H28ClN5O5S. The van der Waals surface area contributed by atoms with Gasteiger partial charge in [-0.25, -0.2) is 8.42 Å². The Morgan fingerprint density at radius 2 is 1.86 bits per heavy atom. The largest absolute Gasteiger partial charge is 0.496 e. The van der Waals surface area contributed by atoms with Crippen molar-refractivity contribution >= 4 is 39.2 Å². The average molecular weight is 522 g/mol. The van der Waals surface area contributed by atoms with Gasteiger partial charge in [-0.2, -0.15) is 5.10 Å². The monoisotopic (exact) mass is 521 g/mol. The second kappa shape index (κ2) is 10.5. The van der Waals surface area contributed by atoms with Gasteiger partial charge in [0.1, 0.15) is 21.8 Å². The van der Waals surface area contributed by atoms with Crippen LogP contribution in [-0.4, -0.2) is 37.6 Å². The molecule has 0 radical (unpaired) electrons. The molecule has 2 heterocycles. The van der Waals surface area contributed by atoms with Crippen LogP contribution in [0.4, 0.5) is 5.82 Å². The lowest BCUT2D eigenvalue weighted by Gasteiger charge is -2.14. The zero-order chi connectivity index (χ0) is 24.5. The lowest BCUT2D eigenvalue weighted by molar-refractivity contribution is 0.402. The first kappa shape index (κ1) is 26.3. The molecule has 4 aromatic rings. The standard InChI is InChI=1S/C23H27N5O5S.ClH/c1-14(2)17-5-6-18(31-3)21(9-17)34(29,30)27-23-22-19(32-4)7-15(8-20(22)33-26-23)12-28-13-16(10-24)11-25-28;/h5-9,11,13-14H,10,12,24H2,1-4H3,(H,26,27);1H. The third-order valence-corrected chi connectivity index (χ3v) is 6.82. The van der Waals surface area contributed by atoms with Crippen molar-refractivity contribution in [3.63, 3.8) is 0 Å². The summed E-state index contributed by atoms with van der Waals surface area (Å²) in [4.78, 5) is 0.0160. The Kier molecular flexibility index (Phi) is 7.93. The van der Waals surface area contributed by atoms with Crippen LogP contribution in [0.1, 0.15) is 36.5 Å². The highest BCUT2D eigenvalue weighted by molar-refractivity contribution is 7.92. The predicted molar refractivity (Wildman–Crippen MR) is 135 cm³/mol. The highest BCUT2D eigenvalue weighted by Crippen LogP contribution is 2.36. The molecule has 4 rings (SSSR count). The Morgan fingerprint density at radius 3 is 2.49 bits per heavy atom. The SMILES string of the molecule is COc1ccc(C(C)C)cc1S(=O)(=O)Nc1noc2cc(Cn3cc(CN)cn3)cc(OC)c12.Cl. The molecule has 0 aliphatic rings. The van der Waals surface area contributed by atoms with Gasteiger partial charge in [-0.15, -0.1) is 12.4 Å². The number of anilines is 1. The minimum atomic E-state index is -4.04. The van der Waals surface area contributed by atoms with E-state index in [-0.39, 0.29) is 34.8 Å². The number of aromatic nitrogens is 3. The van der Waals surface area contributed by atoms with Crippen molar-refractivity contribution in [3.8, 4) is 11.5 Å². The van der Waals surface area contributed by atoms with Crippen LogP contribution in [0, 0.1) is 0 Å². The lowest BCUT2D eigenvalue weighted by Crippen LogP contribution is -2.15. The van der Waals surface area contributed by atoms with Gasteiger partial charge in [-0.1, -0.05) is 25.1 Å². The third kappa shape index (κ3) is 5.37. The van der Waals surface area contributed by atoms with E-state index in [1.807, 2.05) is 26.1 Å². The maximum atomic E-state index is 13.3. The number of sulfonamides is 1. The van der Waals surface area contributed by atoms with Gasteiger partial charge in [0.15, 0.2) is 11.4 Å². The predicted octanol–water partition coefficient (Wildman–Crippen LogP) is 3.89. The summed E-state index contributed by atoms with van der Waals surface area (Å²) in [6.07, 6.45) is 3.56. The number of hydrogen-bond acceptors (Lipinski definition) is 8. The molecule has 0 aliphatic heterocycles. The van der Waals surface area contributed by atoms with E-state index in [0.717, 1.165) is 16.7 Å². The minimum absolute atomic E-state index is 0. The number of benzene rings is 2. The zero-order valence-corrected chi connectivity index (χ0v) is 21.4. The van der Waals surface area contributed by atoms with Gasteiger partial charge >= 0.3 is 0 Å². The molecule has 2 aromatic carbocycles. The van der Waals surface area contributed by atoms with Crippen LogP contribution in [0.25, 0.3) is 11.0 Å². The van der Waals surface area contributed by atoms with E-state index >= 15 is 0 Å². The maximum Gasteiger partial charge on any atom is 0.266 e. The number of methoxy groups -OCH3 is 2. The quantitative estimate of drug-likeness (QED) is 0.338. The van der Waals surface area contributed by atoms with Crippen LogP contribution < -0.4 is 19.9 Å². The zero-order valence-electron chi connectivity index (χ0n) is 19.8. The topological polar surface area (TPSA) is 134 Å². The first-order valence-electron chi connectivity index (χ1n) is 10.6. The molecule has 0 fully saturated rings. The van der Waals surface area contributed by atoms with Gasteiger partial charge in [0.05, 0.1) is 27.0 Å². The molecule has 3 N–H and O–H groups in total. The molecule has 35 heavy (non-hydrogen) atoms. The molecule has 0 unspecified atom stereocenters. The number of hydrogen-bond donors (Lipinski definition) is 2. The van der Waals surface area contributed by atoms with Crippen molar-refractivity contribution in [2.75, 3.05) is 18.9 Å². The van der Waals surface area contributed by atoms with Gasteiger partial charge in [0.25, 0.3) is 10.0 Å². The molecule has 2 aromatic heterocycles. The Bertz CT molecular complexity index is 1430. The fourth-order valence-electron chi connectivity index (χ4n) is 3.64. The summed E-state index contributed by atoms with van der Waals surface area (Å²) >= 11 is 0.